The van der Waals surface area contributed by atoms with Gasteiger partial charge in [0.2, 0.25) is 5.91 Å². The highest BCUT2D eigenvalue weighted by molar-refractivity contribution is 6.29. The summed E-state index contributed by atoms with van der Waals surface area (Å²) < 4.78 is 21.0. The summed E-state index contributed by atoms with van der Waals surface area (Å²) in [7, 11) is 1.41. The van der Waals surface area contributed by atoms with Crippen molar-refractivity contribution in [1.29, 1.82) is 0 Å². The van der Waals surface area contributed by atoms with Gasteiger partial charge < -0.3 is 15.8 Å². The Bertz CT molecular complexity index is 975. The number of anilines is 1. The van der Waals surface area contributed by atoms with Crippen LogP contribution in [0.4, 0.5) is 10.1 Å². The first kappa shape index (κ1) is 21.0. The van der Waals surface area contributed by atoms with E-state index in [4.69, 9.17) is 22.1 Å². The van der Waals surface area contributed by atoms with E-state index in [1.54, 1.807) is 0 Å². The maximum atomic E-state index is 14.3. The minimum atomic E-state index is -0.832. The van der Waals surface area contributed by atoms with Crippen molar-refractivity contribution in [1.82, 2.24) is 20.0 Å². The van der Waals surface area contributed by atoms with Crippen LogP contribution in [0.25, 0.3) is 0 Å². The highest BCUT2D eigenvalue weighted by Gasteiger charge is 2.46. The molecule has 0 aromatic carbocycles. The molecule has 162 valence electrons. The van der Waals surface area contributed by atoms with E-state index >= 15 is 0 Å². The number of aromatic amines is 1. The number of ether oxygens (including phenoxy) is 1. The monoisotopic (exact) mass is 438 g/mol. The second-order valence-corrected chi connectivity index (χ2v) is 8.41. The summed E-state index contributed by atoms with van der Waals surface area (Å²) in [6.07, 6.45) is 5.02. The third-order valence-electron chi connectivity index (χ3n) is 5.81. The molecule has 2 aliphatic rings. The summed E-state index contributed by atoms with van der Waals surface area (Å²) in [6, 6.07) is 0.712. The molecule has 0 aliphatic heterocycles. The highest BCUT2D eigenvalue weighted by Crippen LogP contribution is 2.50. The second kappa shape index (κ2) is 8.44. The summed E-state index contributed by atoms with van der Waals surface area (Å²) in [5, 5.41) is 12.3. The van der Waals surface area contributed by atoms with Crippen molar-refractivity contribution in [2.45, 2.75) is 44.4 Å². The number of halogens is 2. The van der Waals surface area contributed by atoms with Crippen LogP contribution in [0.3, 0.4) is 0 Å². The van der Waals surface area contributed by atoms with Gasteiger partial charge in [0.15, 0.2) is 0 Å². The van der Waals surface area contributed by atoms with Crippen molar-refractivity contribution in [3.05, 3.63) is 39.3 Å². The van der Waals surface area contributed by atoms with Crippen molar-refractivity contribution < 1.29 is 13.9 Å². The minimum Gasteiger partial charge on any atom is -0.375 e. The lowest BCUT2D eigenvalue weighted by molar-refractivity contribution is -0.118. The molecule has 1 unspecified atom stereocenters. The van der Waals surface area contributed by atoms with Gasteiger partial charge in [-0.05, 0) is 49.5 Å². The molecule has 30 heavy (non-hydrogen) atoms. The van der Waals surface area contributed by atoms with Crippen LogP contribution >= 0.6 is 11.6 Å². The van der Waals surface area contributed by atoms with E-state index in [1.807, 2.05) is 0 Å². The Kier molecular flexibility index (Phi) is 5.90. The molecular formula is C19H24ClFN6O3. The van der Waals surface area contributed by atoms with Crippen LogP contribution in [0.5, 0.6) is 0 Å². The Labute approximate surface area is 177 Å². The number of hydrogen-bond acceptors (Lipinski definition) is 6. The molecule has 2 heterocycles. The van der Waals surface area contributed by atoms with Gasteiger partial charge in [-0.25, -0.2) is 5.10 Å². The van der Waals surface area contributed by atoms with Crippen molar-refractivity contribution in [2.75, 3.05) is 12.4 Å². The number of carbonyl (C=O) groups is 1. The van der Waals surface area contributed by atoms with Crippen LogP contribution in [0, 0.1) is 23.7 Å². The minimum absolute atomic E-state index is 0.0333. The van der Waals surface area contributed by atoms with E-state index in [0.717, 1.165) is 25.7 Å². The van der Waals surface area contributed by atoms with Crippen molar-refractivity contribution >= 4 is 23.2 Å². The van der Waals surface area contributed by atoms with E-state index in [2.05, 4.69) is 20.6 Å². The Balaban J connectivity index is 1.45. The van der Waals surface area contributed by atoms with Crippen LogP contribution in [-0.2, 0) is 16.1 Å². The highest BCUT2D eigenvalue weighted by atomic mass is 35.5. The summed E-state index contributed by atoms with van der Waals surface area (Å²) in [5.41, 5.74) is 5.93. The van der Waals surface area contributed by atoms with Crippen molar-refractivity contribution in [3.8, 4) is 0 Å². The molecule has 4 N–H and O–H groups in total. The van der Waals surface area contributed by atoms with Crippen molar-refractivity contribution in [3.63, 3.8) is 0 Å². The molecule has 1 amide bonds. The molecule has 2 atom stereocenters. The number of hydrogen-bond donors (Lipinski definition) is 3. The van der Waals surface area contributed by atoms with Gasteiger partial charge in [0.05, 0.1) is 24.3 Å². The fourth-order valence-electron chi connectivity index (χ4n) is 4.00. The summed E-state index contributed by atoms with van der Waals surface area (Å²) in [4.78, 5) is 24.6. The van der Waals surface area contributed by atoms with E-state index in [9.17, 15) is 14.0 Å². The van der Waals surface area contributed by atoms with E-state index in [-0.39, 0.29) is 28.9 Å². The number of methoxy groups -OCH3 is 1. The number of amides is 1. The molecule has 0 saturated heterocycles. The zero-order valence-electron chi connectivity index (χ0n) is 16.5. The Morgan fingerprint density at radius 1 is 1.43 bits per heavy atom. The standard InChI is InChI=1S/C19H24ClFN6O3/c1-30-13(11-6-14(20)24-25-18(11)28)8-27-7-12(17(21)26-27)23-19(29)16(22)15(9-2-3-9)10-4-5-10/h6-7,9-10,13,15-16H,2-5,8,22H2,1H3,(H,23,29)(H,25,28)/t13?,16-/m0/s1. The maximum absolute atomic E-state index is 14.3. The van der Waals surface area contributed by atoms with E-state index in [1.165, 1.54) is 24.1 Å². The predicted octanol–water partition coefficient (Wildman–Crippen LogP) is 1.85. The van der Waals surface area contributed by atoms with Gasteiger partial charge in [-0.2, -0.15) is 9.49 Å². The molecule has 2 fully saturated rings. The SMILES string of the molecule is COC(Cn1cc(NC(=O)[C@@H](N)C(C2CC2)C2CC2)c(F)n1)c1cc(Cl)n[nH]c1=O. The smallest absolute Gasteiger partial charge is 0.270 e. The number of nitrogens with zero attached hydrogens (tertiary/aromatic N) is 3. The average Bonchev–Trinajstić information content (AvgIpc) is 3.64. The van der Waals surface area contributed by atoms with Gasteiger partial charge in [0.25, 0.3) is 11.5 Å². The zero-order chi connectivity index (χ0) is 21.4. The van der Waals surface area contributed by atoms with Gasteiger partial charge in [0, 0.05) is 7.11 Å². The van der Waals surface area contributed by atoms with Crippen LogP contribution in [0.2, 0.25) is 5.15 Å². The number of H-pyrrole nitrogens is 1. The third kappa shape index (κ3) is 4.55. The summed E-state index contributed by atoms with van der Waals surface area (Å²) in [6.45, 7) is 0.0333. The van der Waals surface area contributed by atoms with Crippen molar-refractivity contribution in [2.24, 2.45) is 23.5 Å². The fourth-order valence-corrected chi connectivity index (χ4v) is 4.16. The molecule has 0 radical (unpaired) electrons. The van der Waals surface area contributed by atoms with Crippen LogP contribution in [0.15, 0.2) is 17.1 Å². The molecule has 4 rings (SSSR count). The lowest BCUT2D eigenvalue weighted by Gasteiger charge is -2.22. The summed E-state index contributed by atoms with van der Waals surface area (Å²) >= 11 is 5.84. The fraction of sp³-hybridized carbons (Fsp3) is 0.579. The number of nitrogens with two attached hydrogens (primary N) is 1. The van der Waals surface area contributed by atoms with Gasteiger partial charge in [-0.3, -0.25) is 14.3 Å². The number of aromatic nitrogens is 4. The topological polar surface area (TPSA) is 128 Å². The molecule has 2 aromatic rings. The first-order valence-electron chi connectivity index (χ1n) is 9.94. The largest absolute Gasteiger partial charge is 0.375 e. The molecule has 11 heteroatoms. The van der Waals surface area contributed by atoms with Crippen LogP contribution < -0.4 is 16.6 Å². The number of rotatable bonds is 9. The molecule has 2 saturated carbocycles. The Morgan fingerprint density at radius 3 is 2.70 bits per heavy atom. The molecule has 0 bridgehead atoms. The Hall–Kier alpha value is -2.30. The third-order valence-corrected chi connectivity index (χ3v) is 6.00. The quantitative estimate of drug-likeness (QED) is 0.548. The lowest BCUT2D eigenvalue weighted by atomic mass is 9.89. The number of nitrogens with one attached hydrogen (secondary N) is 2. The molecular weight excluding hydrogens is 415 g/mol. The van der Waals surface area contributed by atoms with E-state index < -0.39 is 29.6 Å². The van der Waals surface area contributed by atoms with Gasteiger partial charge in [-0.1, -0.05) is 11.6 Å². The first-order valence-corrected chi connectivity index (χ1v) is 10.3. The van der Waals surface area contributed by atoms with Gasteiger partial charge >= 0.3 is 0 Å². The molecule has 2 aliphatic carbocycles. The normalized spacial score (nSPS) is 18.4. The average molecular weight is 439 g/mol. The number of carbonyl (C=O) groups excluding carboxylic acids is 1. The zero-order valence-corrected chi connectivity index (χ0v) is 17.2. The second-order valence-electron chi connectivity index (χ2n) is 8.02. The maximum Gasteiger partial charge on any atom is 0.270 e. The van der Waals surface area contributed by atoms with Gasteiger partial charge in [0.1, 0.15) is 16.9 Å². The molecule has 0 spiro atoms. The lowest BCUT2D eigenvalue weighted by Crippen LogP contribution is -2.43. The van der Waals surface area contributed by atoms with Gasteiger partial charge in [-0.15, -0.1) is 5.10 Å². The Morgan fingerprint density at radius 2 is 2.10 bits per heavy atom. The van der Waals surface area contributed by atoms with Crippen LogP contribution in [0.1, 0.15) is 37.4 Å². The molecule has 9 nitrogen and oxygen atoms in total. The van der Waals surface area contributed by atoms with Crippen LogP contribution in [-0.4, -0.2) is 39.0 Å². The predicted molar refractivity (Wildman–Crippen MR) is 107 cm³/mol. The van der Waals surface area contributed by atoms with E-state index in [0.29, 0.717) is 11.8 Å². The first-order chi connectivity index (χ1) is 14.4. The molecule has 2 aromatic heterocycles. The summed E-state index contributed by atoms with van der Waals surface area (Å²) in [5.74, 6) is -0.0828.